The van der Waals surface area contributed by atoms with E-state index in [2.05, 4.69) is 26.6 Å². The summed E-state index contributed by atoms with van der Waals surface area (Å²) in [7, 11) is 0. The summed E-state index contributed by atoms with van der Waals surface area (Å²) in [6, 6.07) is -4.10. The lowest BCUT2D eigenvalue weighted by atomic mass is 9.92. The van der Waals surface area contributed by atoms with Crippen molar-refractivity contribution in [2.45, 2.75) is 111 Å². The molecule has 6 amide bonds. The largest absolute Gasteiger partial charge is 0.444 e. The fraction of sp³-hybridized carbons (Fsp3) is 0.793. The van der Waals surface area contributed by atoms with Crippen LogP contribution in [-0.2, 0) is 33.4 Å². The molecule has 1 heterocycles. The highest BCUT2D eigenvalue weighted by Gasteiger charge is 2.34. The molecule has 0 aromatic rings. The maximum absolute atomic E-state index is 13.4. The molecule has 1 rings (SSSR count). The van der Waals surface area contributed by atoms with Crippen molar-refractivity contribution in [1.82, 2.24) is 26.6 Å². The number of likely N-dealkylation sites (N-methyl/N-ethyl adjacent to an activating group) is 1. The van der Waals surface area contributed by atoms with E-state index in [0.717, 1.165) is 0 Å². The van der Waals surface area contributed by atoms with Crippen molar-refractivity contribution < 1.29 is 43.3 Å². The topological polar surface area (TPSA) is 227 Å². The van der Waals surface area contributed by atoms with E-state index >= 15 is 0 Å². The molecule has 1 aliphatic rings. The average molecular weight is 629 g/mol. The highest BCUT2D eigenvalue weighted by molar-refractivity contribution is 5.94. The summed E-state index contributed by atoms with van der Waals surface area (Å²) in [4.78, 5) is 75.4. The van der Waals surface area contributed by atoms with Gasteiger partial charge < -0.3 is 46.9 Å². The zero-order chi connectivity index (χ0) is 33.6. The van der Waals surface area contributed by atoms with Crippen molar-refractivity contribution >= 4 is 35.6 Å². The Morgan fingerprint density at radius 3 is 2.07 bits per heavy atom. The SMILES string of the molecule is CCNC(=O)[C@H](C)NC(=O)[C@H](C)C[C@H](O)[C@H](CC(C)C)NC(=O)[C@H](CC(N)=O)NC(=O)[C@@H](NC(=O)O[C@H]1CCOC1)C(C)C. The van der Waals surface area contributed by atoms with Crippen LogP contribution in [0.25, 0.3) is 0 Å². The molecule has 8 N–H and O–H groups in total. The molecule has 15 nitrogen and oxygen atoms in total. The molecular weight excluding hydrogens is 576 g/mol. The van der Waals surface area contributed by atoms with Gasteiger partial charge in [-0.25, -0.2) is 4.79 Å². The van der Waals surface area contributed by atoms with Gasteiger partial charge in [0, 0.05) is 18.9 Å². The first-order chi connectivity index (χ1) is 20.5. The monoisotopic (exact) mass is 628 g/mol. The van der Waals surface area contributed by atoms with Gasteiger partial charge in [0.25, 0.3) is 0 Å². The number of amides is 6. The van der Waals surface area contributed by atoms with Crippen molar-refractivity contribution in [3.8, 4) is 0 Å². The minimum absolute atomic E-state index is 0.0202. The summed E-state index contributed by atoms with van der Waals surface area (Å²) in [6.45, 7) is 13.2. The number of aliphatic hydroxyl groups excluding tert-OH is 1. The summed E-state index contributed by atoms with van der Waals surface area (Å²) in [5.74, 6) is -4.22. The van der Waals surface area contributed by atoms with Gasteiger partial charge in [-0.2, -0.15) is 0 Å². The molecule has 0 aliphatic carbocycles. The molecular formula is C29H52N6O9. The minimum atomic E-state index is -1.40. The number of carbonyl (C=O) groups is 6. The van der Waals surface area contributed by atoms with Crippen LogP contribution in [-0.4, -0.2) is 96.9 Å². The number of alkyl carbamates (subject to hydrolysis) is 1. The van der Waals surface area contributed by atoms with Crippen molar-refractivity contribution in [1.29, 1.82) is 0 Å². The first-order valence-electron chi connectivity index (χ1n) is 15.3. The van der Waals surface area contributed by atoms with Gasteiger partial charge in [0.15, 0.2) is 0 Å². The Kier molecular flexibility index (Phi) is 16.7. The second-order valence-corrected chi connectivity index (χ2v) is 12.1. The molecule has 0 saturated carbocycles. The van der Waals surface area contributed by atoms with E-state index in [1.54, 1.807) is 34.6 Å². The number of nitrogens with one attached hydrogen (secondary N) is 5. The molecule has 1 fully saturated rings. The van der Waals surface area contributed by atoms with Gasteiger partial charge in [-0.1, -0.05) is 34.6 Å². The number of aliphatic hydroxyl groups is 1. The smallest absolute Gasteiger partial charge is 0.408 e. The number of carbonyl (C=O) groups excluding carboxylic acids is 6. The number of primary amides is 1. The Labute approximate surface area is 259 Å². The first-order valence-corrected chi connectivity index (χ1v) is 15.3. The van der Waals surface area contributed by atoms with Crippen LogP contribution in [0, 0.1) is 17.8 Å². The first kappa shape index (κ1) is 38.6. The van der Waals surface area contributed by atoms with Crippen LogP contribution in [0.5, 0.6) is 0 Å². The number of hydrogen-bond donors (Lipinski definition) is 7. The molecule has 252 valence electrons. The van der Waals surface area contributed by atoms with Crippen molar-refractivity contribution in [2.75, 3.05) is 19.8 Å². The fourth-order valence-electron chi connectivity index (χ4n) is 4.61. The molecule has 0 aromatic heterocycles. The molecule has 1 saturated heterocycles. The van der Waals surface area contributed by atoms with Gasteiger partial charge in [-0.05, 0) is 38.5 Å². The Balaban J connectivity index is 2.96. The maximum atomic E-state index is 13.4. The van der Waals surface area contributed by atoms with Crippen molar-refractivity contribution in [3.05, 3.63) is 0 Å². The molecule has 7 atom stereocenters. The molecule has 0 unspecified atom stereocenters. The van der Waals surface area contributed by atoms with E-state index < -0.39 is 84.4 Å². The van der Waals surface area contributed by atoms with Crippen LogP contribution >= 0.6 is 0 Å². The number of hydrogen-bond acceptors (Lipinski definition) is 9. The zero-order valence-corrected chi connectivity index (χ0v) is 26.9. The van der Waals surface area contributed by atoms with E-state index in [4.69, 9.17) is 15.2 Å². The van der Waals surface area contributed by atoms with Gasteiger partial charge in [-0.3, -0.25) is 24.0 Å². The number of nitrogens with two attached hydrogens (primary N) is 1. The van der Waals surface area contributed by atoms with E-state index in [9.17, 15) is 33.9 Å². The number of rotatable bonds is 18. The summed E-state index contributed by atoms with van der Waals surface area (Å²) < 4.78 is 10.5. The predicted molar refractivity (Wildman–Crippen MR) is 161 cm³/mol. The predicted octanol–water partition coefficient (Wildman–Crippen LogP) is -0.555. The highest BCUT2D eigenvalue weighted by atomic mass is 16.6. The summed E-state index contributed by atoms with van der Waals surface area (Å²) in [5.41, 5.74) is 5.37. The van der Waals surface area contributed by atoms with Gasteiger partial charge in [0.05, 0.1) is 31.8 Å². The normalized spacial score (nSPS) is 18.7. The Hall–Kier alpha value is -3.46. The van der Waals surface area contributed by atoms with E-state index in [1.807, 2.05) is 13.8 Å². The third-order valence-corrected chi connectivity index (χ3v) is 7.09. The summed E-state index contributed by atoms with van der Waals surface area (Å²) in [6.07, 6.45) is -2.13. The van der Waals surface area contributed by atoms with Gasteiger partial charge in [0.2, 0.25) is 29.5 Å². The molecule has 0 aromatic carbocycles. The average Bonchev–Trinajstić information content (AvgIpc) is 3.43. The lowest BCUT2D eigenvalue weighted by Gasteiger charge is -2.30. The van der Waals surface area contributed by atoms with E-state index in [0.29, 0.717) is 26.0 Å². The molecule has 1 aliphatic heterocycles. The van der Waals surface area contributed by atoms with Crippen molar-refractivity contribution in [3.63, 3.8) is 0 Å². The third kappa shape index (κ3) is 13.9. The quantitative estimate of drug-likeness (QED) is 0.103. The highest BCUT2D eigenvalue weighted by Crippen LogP contribution is 2.17. The van der Waals surface area contributed by atoms with Crippen LogP contribution in [0.2, 0.25) is 0 Å². The molecule has 44 heavy (non-hydrogen) atoms. The van der Waals surface area contributed by atoms with Crippen LogP contribution in [0.4, 0.5) is 4.79 Å². The maximum Gasteiger partial charge on any atom is 0.408 e. The Morgan fingerprint density at radius 2 is 1.55 bits per heavy atom. The van der Waals surface area contributed by atoms with Gasteiger partial charge in [-0.15, -0.1) is 0 Å². The van der Waals surface area contributed by atoms with Gasteiger partial charge in [0.1, 0.15) is 24.2 Å². The summed E-state index contributed by atoms with van der Waals surface area (Å²) >= 11 is 0. The Morgan fingerprint density at radius 1 is 0.886 bits per heavy atom. The van der Waals surface area contributed by atoms with Crippen LogP contribution in [0.3, 0.4) is 0 Å². The van der Waals surface area contributed by atoms with E-state index in [1.165, 1.54) is 0 Å². The standard InChI is InChI=1S/C29H52N6O9/c1-8-31-26(39)18(7)32-25(38)17(6)12-22(36)20(11-15(2)3)33-27(40)21(13-23(30)37)34-28(41)24(16(4)5)35-29(42)44-19-9-10-43-14-19/h15-22,24,36H,8-14H2,1-7H3,(H2,30,37)(H,31,39)(H,32,38)(H,33,40)(H,34,41)(H,35,42)/t17-,18+,19+,20+,21+,22+,24+/m1/s1. The molecule has 0 radical (unpaired) electrons. The number of ether oxygens (including phenoxy) is 2. The summed E-state index contributed by atoms with van der Waals surface area (Å²) in [5, 5.41) is 24.0. The zero-order valence-electron chi connectivity index (χ0n) is 26.9. The Bertz CT molecular complexity index is 986. The van der Waals surface area contributed by atoms with Gasteiger partial charge >= 0.3 is 6.09 Å². The molecule has 0 spiro atoms. The third-order valence-electron chi connectivity index (χ3n) is 7.09. The van der Waals surface area contributed by atoms with Crippen LogP contribution in [0.1, 0.15) is 74.1 Å². The lowest BCUT2D eigenvalue weighted by Crippen LogP contribution is -2.58. The second-order valence-electron chi connectivity index (χ2n) is 12.1. The van der Waals surface area contributed by atoms with Crippen LogP contribution in [0.15, 0.2) is 0 Å². The lowest BCUT2D eigenvalue weighted by molar-refractivity contribution is -0.133. The van der Waals surface area contributed by atoms with Crippen molar-refractivity contribution in [2.24, 2.45) is 23.5 Å². The van der Waals surface area contributed by atoms with Crippen LogP contribution < -0.4 is 32.3 Å². The fourth-order valence-corrected chi connectivity index (χ4v) is 4.61. The second kappa shape index (κ2) is 19.0. The van der Waals surface area contributed by atoms with E-state index in [-0.39, 0.29) is 24.9 Å². The molecule has 15 heteroatoms. The minimum Gasteiger partial charge on any atom is -0.444 e. The molecule has 0 bridgehead atoms.